The number of nitrogens with one attached hydrogen (secondary N) is 1. The van der Waals surface area contributed by atoms with Crippen LogP contribution >= 0.6 is 0 Å². The fraction of sp³-hybridized carbons (Fsp3) is 0.562. The zero-order chi connectivity index (χ0) is 14.5. The van der Waals surface area contributed by atoms with Crippen LogP contribution in [0.2, 0.25) is 0 Å². The standard InChI is InChI=1S/C16H24N2O2/c1-12(2)17-10-13-4-8-15(9-5-13)20-11-16(19)18(3)14-6-7-14/h4-5,8-9,12,14,17H,6-7,10-11H2,1-3H3. The molecule has 0 spiro atoms. The maximum atomic E-state index is 11.8. The van der Waals surface area contributed by atoms with Crippen molar-refractivity contribution < 1.29 is 9.53 Å². The molecule has 1 saturated carbocycles. The summed E-state index contributed by atoms with van der Waals surface area (Å²) in [4.78, 5) is 13.6. The van der Waals surface area contributed by atoms with Crippen molar-refractivity contribution in [3.63, 3.8) is 0 Å². The van der Waals surface area contributed by atoms with Crippen LogP contribution < -0.4 is 10.1 Å². The molecule has 1 amide bonds. The van der Waals surface area contributed by atoms with Gasteiger partial charge in [0, 0.05) is 25.7 Å². The molecule has 4 nitrogen and oxygen atoms in total. The Bertz CT molecular complexity index is 438. The largest absolute Gasteiger partial charge is 0.484 e. The Kier molecular flexibility index (Phi) is 5.01. The fourth-order valence-electron chi connectivity index (χ4n) is 1.94. The van der Waals surface area contributed by atoms with Crippen molar-refractivity contribution in [2.75, 3.05) is 13.7 Å². The topological polar surface area (TPSA) is 41.6 Å². The van der Waals surface area contributed by atoms with Gasteiger partial charge < -0.3 is 15.0 Å². The number of hydrogen-bond donors (Lipinski definition) is 1. The minimum atomic E-state index is 0.0538. The molecule has 0 radical (unpaired) electrons. The molecule has 20 heavy (non-hydrogen) atoms. The minimum absolute atomic E-state index is 0.0538. The predicted molar refractivity (Wildman–Crippen MR) is 79.7 cm³/mol. The van der Waals surface area contributed by atoms with E-state index in [2.05, 4.69) is 19.2 Å². The van der Waals surface area contributed by atoms with Gasteiger partial charge >= 0.3 is 0 Å². The molecule has 0 heterocycles. The Morgan fingerprint density at radius 3 is 2.55 bits per heavy atom. The maximum absolute atomic E-state index is 11.8. The lowest BCUT2D eigenvalue weighted by Gasteiger charge is -2.16. The van der Waals surface area contributed by atoms with Crippen molar-refractivity contribution >= 4 is 5.91 Å². The summed E-state index contributed by atoms with van der Waals surface area (Å²) >= 11 is 0. The monoisotopic (exact) mass is 276 g/mol. The van der Waals surface area contributed by atoms with E-state index in [0.29, 0.717) is 12.1 Å². The van der Waals surface area contributed by atoms with Gasteiger partial charge in [0.2, 0.25) is 0 Å². The first-order valence-electron chi connectivity index (χ1n) is 7.27. The van der Waals surface area contributed by atoms with Crippen LogP contribution in [-0.4, -0.2) is 36.5 Å². The lowest BCUT2D eigenvalue weighted by Crippen LogP contribution is -2.33. The van der Waals surface area contributed by atoms with Crippen molar-refractivity contribution in [2.24, 2.45) is 0 Å². The van der Waals surface area contributed by atoms with Crippen LogP contribution in [0.15, 0.2) is 24.3 Å². The third-order valence-corrected chi connectivity index (χ3v) is 3.49. The molecule has 1 fully saturated rings. The highest BCUT2D eigenvalue weighted by Crippen LogP contribution is 2.25. The second-order valence-corrected chi connectivity index (χ2v) is 5.70. The lowest BCUT2D eigenvalue weighted by atomic mass is 10.2. The van der Waals surface area contributed by atoms with E-state index in [-0.39, 0.29) is 12.5 Å². The molecule has 1 N–H and O–H groups in total. The summed E-state index contributed by atoms with van der Waals surface area (Å²) in [5.41, 5.74) is 1.22. The number of likely N-dealkylation sites (N-methyl/N-ethyl adjacent to an activating group) is 1. The predicted octanol–water partition coefficient (Wildman–Crippen LogP) is 2.18. The van der Waals surface area contributed by atoms with Gasteiger partial charge in [-0.15, -0.1) is 0 Å². The molecule has 0 atom stereocenters. The van der Waals surface area contributed by atoms with Gasteiger partial charge in [-0.25, -0.2) is 0 Å². The van der Waals surface area contributed by atoms with Gasteiger partial charge in [0.05, 0.1) is 0 Å². The molecule has 4 heteroatoms. The van der Waals surface area contributed by atoms with E-state index in [1.807, 2.05) is 31.3 Å². The maximum Gasteiger partial charge on any atom is 0.260 e. The third kappa shape index (κ3) is 4.53. The van der Waals surface area contributed by atoms with E-state index in [1.165, 1.54) is 5.56 Å². The number of ether oxygens (including phenoxy) is 1. The van der Waals surface area contributed by atoms with Crippen LogP contribution in [0, 0.1) is 0 Å². The molecule has 0 saturated heterocycles. The average molecular weight is 276 g/mol. The lowest BCUT2D eigenvalue weighted by molar-refractivity contribution is -0.132. The molecule has 1 aromatic carbocycles. The quantitative estimate of drug-likeness (QED) is 0.830. The smallest absolute Gasteiger partial charge is 0.260 e. The van der Waals surface area contributed by atoms with Gasteiger partial charge in [0.15, 0.2) is 6.61 Å². The molecule has 0 bridgehead atoms. The molecule has 1 aliphatic rings. The molecule has 0 aliphatic heterocycles. The van der Waals surface area contributed by atoms with Gasteiger partial charge in [-0.1, -0.05) is 26.0 Å². The summed E-state index contributed by atoms with van der Waals surface area (Å²) in [6.07, 6.45) is 2.25. The zero-order valence-corrected chi connectivity index (χ0v) is 12.6. The van der Waals surface area contributed by atoms with E-state index in [4.69, 9.17) is 4.74 Å². The van der Waals surface area contributed by atoms with E-state index < -0.39 is 0 Å². The Morgan fingerprint density at radius 1 is 1.35 bits per heavy atom. The van der Waals surface area contributed by atoms with E-state index in [1.54, 1.807) is 4.90 Å². The average Bonchev–Trinajstić information content (AvgIpc) is 3.27. The van der Waals surface area contributed by atoms with E-state index in [9.17, 15) is 4.79 Å². The molecule has 110 valence electrons. The molecule has 0 unspecified atom stereocenters. The van der Waals surface area contributed by atoms with Gasteiger partial charge in [-0.05, 0) is 30.5 Å². The number of amides is 1. The molecule has 2 rings (SSSR count). The summed E-state index contributed by atoms with van der Waals surface area (Å²) in [5, 5.41) is 3.36. The molecule has 0 aromatic heterocycles. The minimum Gasteiger partial charge on any atom is -0.484 e. The Balaban J connectivity index is 1.76. The molecule has 1 aliphatic carbocycles. The van der Waals surface area contributed by atoms with Gasteiger partial charge in [-0.3, -0.25) is 4.79 Å². The van der Waals surface area contributed by atoms with Crippen LogP contribution in [0.5, 0.6) is 5.75 Å². The highest BCUT2D eigenvalue weighted by atomic mass is 16.5. The second-order valence-electron chi connectivity index (χ2n) is 5.70. The molecular weight excluding hydrogens is 252 g/mol. The van der Waals surface area contributed by atoms with Crippen molar-refractivity contribution in [1.29, 1.82) is 0 Å². The first-order chi connectivity index (χ1) is 9.56. The SMILES string of the molecule is CC(C)NCc1ccc(OCC(=O)N(C)C2CC2)cc1. The first-order valence-corrected chi connectivity index (χ1v) is 7.27. The van der Waals surface area contributed by atoms with E-state index >= 15 is 0 Å². The van der Waals surface area contributed by atoms with Crippen LogP contribution in [0.4, 0.5) is 0 Å². The normalized spacial score (nSPS) is 14.4. The summed E-state index contributed by atoms with van der Waals surface area (Å²) in [6, 6.07) is 8.81. The number of rotatable bonds is 7. The Hall–Kier alpha value is -1.55. The van der Waals surface area contributed by atoms with Crippen LogP contribution in [0.25, 0.3) is 0 Å². The summed E-state index contributed by atoms with van der Waals surface area (Å²) in [5.74, 6) is 0.800. The summed E-state index contributed by atoms with van der Waals surface area (Å²) in [6.45, 7) is 5.22. The number of benzene rings is 1. The third-order valence-electron chi connectivity index (χ3n) is 3.49. The van der Waals surface area contributed by atoms with E-state index in [0.717, 1.165) is 25.1 Å². The Labute approximate surface area is 121 Å². The number of hydrogen-bond acceptors (Lipinski definition) is 3. The van der Waals surface area contributed by atoms with Crippen molar-refractivity contribution in [2.45, 2.75) is 45.3 Å². The molecular formula is C16H24N2O2. The van der Waals surface area contributed by atoms with Crippen molar-refractivity contribution in [3.05, 3.63) is 29.8 Å². The first kappa shape index (κ1) is 14.9. The van der Waals surface area contributed by atoms with Crippen LogP contribution in [0.1, 0.15) is 32.3 Å². The van der Waals surface area contributed by atoms with Gasteiger partial charge in [0.25, 0.3) is 5.91 Å². The zero-order valence-electron chi connectivity index (χ0n) is 12.6. The number of carbonyl (C=O) groups is 1. The summed E-state index contributed by atoms with van der Waals surface area (Å²) < 4.78 is 5.54. The van der Waals surface area contributed by atoms with Crippen LogP contribution in [-0.2, 0) is 11.3 Å². The van der Waals surface area contributed by atoms with Crippen molar-refractivity contribution in [1.82, 2.24) is 10.2 Å². The number of nitrogens with zero attached hydrogens (tertiary/aromatic N) is 1. The fourth-order valence-corrected chi connectivity index (χ4v) is 1.94. The van der Waals surface area contributed by atoms with Crippen molar-refractivity contribution in [3.8, 4) is 5.75 Å². The van der Waals surface area contributed by atoms with Gasteiger partial charge in [0.1, 0.15) is 5.75 Å². The summed E-state index contributed by atoms with van der Waals surface area (Å²) in [7, 11) is 1.85. The highest BCUT2D eigenvalue weighted by molar-refractivity contribution is 5.78. The second kappa shape index (κ2) is 6.75. The highest BCUT2D eigenvalue weighted by Gasteiger charge is 2.29. The van der Waals surface area contributed by atoms with Crippen LogP contribution in [0.3, 0.4) is 0 Å². The Morgan fingerprint density at radius 2 is 2.00 bits per heavy atom. The molecule has 1 aromatic rings. The number of carbonyl (C=O) groups excluding carboxylic acids is 1. The van der Waals surface area contributed by atoms with Gasteiger partial charge in [-0.2, -0.15) is 0 Å².